The highest BCUT2D eigenvalue weighted by Gasteiger charge is 2.36. The lowest BCUT2D eigenvalue weighted by Crippen LogP contribution is -2.42. The second-order valence-electron chi connectivity index (χ2n) is 5.15. The van der Waals surface area contributed by atoms with Crippen LogP contribution in [0.15, 0.2) is 0 Å². The molecule has 1 heteroatoms. The van der Waals surface area contributed by atoms with E-state index in [9.17, 15) is 0 Å². The zero-order valence-electron chi connectivity index (χ0n) is 9.47. The first kappa shape index (κ1) is 11.0. The van der Waals surface area contributed by atoms with E-state index in [1.807, 2.05) is 0 Å². The van der Waals surface area contributed by atoms with Crippen LogP contribution >= 0.6 is 0 Å². The van der Waals surface area contributed by atoms with Gasteiger partial charge in [0.15, 0.2) is 0 Å². The lowest BCUT2D eigenvalue weighted by Gasteiger charge is -2.35. The Balaban J connectivity index is 2.49. The van der Waals surface area contributed by atoms with Gasteiger partial charge in [-0.05, 0) is 30.6 Å². The molecule has 0 heterocycles. The van der Waals surface area contributed by atoms with Crippen molar-refractivity contribution in [3.05, 3.63) is 0 Å². The van der Waals surface area contributed by atoms with Crippen LogP contribution in [0.1, 0.15) is 59.3 Å². The smallest absolute Gasteiger partial charge is 0.0119 e. The first-order valence-corrected chi connectivity index (χ1v) is 5.86. The first-order chi connectivity index (χ1) is 6.10. The van der Waals surface area contributed by atoms with Crippen LogP contribution in [0.25, 0.3) is 0 Å². The highest BCUT2D eigenvalue weighted by Crippen LogP contribution is 2.42. The van der Waals surface area contributed by atoms with Crippen molar-refractivity contribution in [1.29, 1.82) is 0 Å². The van der Waals surface area contributed by atoms with Crippen LogP contribution in [0.3, 0.4) is 0 Å². The van der Waals surface area contributed by atoms with Gasteiger partial charge in [0.2, 0.25) is 0 Å². The third-order valence-corrected chi connectivity index (χ3v) is 3.91. The summed E-state index contributed by atoms with van der Waals surface area (Å²) in [6, 6.07) is 0.426. The van der Waals surface area contributed by atoms with Crippen molar-refractivity contribution in [2.75, 3.05) is 0 Å². The van der Waals surface area contributed by atoms with E-state index in [-0.39, 0.29) is 0 Å². The van der Waals surface area contributed by atoms with Gasteiger partial charge in [0.25, 0.3) is 0 Å². The Morgan fingerprint density at radius 1 is 1.31 bits per heavy atom. The Morgan fingerprint density at radius 2 is 1.85 bits per heavy atom. The normalized spacial score (nSPS) is 25.8. The molecule has 0 aromatic rings. The summed E-state index contributed by atoms with van der Waals surface area (Å²) < 4.78 is 0. The Labute approximate surface area is 83.1 Å². The standard InChI is InChI=1S/C12H25N/c1-4-7-10(2)11(13)12(3)8-5-6-9-12/h10-11H,4-9,13H2,1-3H3. The Hall–Kier alpha value is -0.0400. The number of hydrogen-bond donors (Lipinski definition) is 1. The van der Waals surface area contributed by atoms with Crippen LogP contribution in [0.5, 0.6) is 0 Å². The molecule has 0 aromatic heterocycles. The molecule has 13 heavy (non-hydrogen) atoms. The Kier molecular flexibility index (Phi) is 3.78. The summed E-state index contributed by atoms with van der Waals surface area (Å²) in [6.07, 6.45) is 8.04. The molecule has 1 aliphatic rings. The summed E-state index contributed by atoms with van der Waals surface area (Å²) in [7, 11) is 0. The van der Waals surface area contributed by atoms with Crippen LogP contribution in [0, 0.1) is 11.3 Å². The molecule has 0 aromatic carbocycles. The van der Waals surface area contributed by atoms with E-state index < -0.39 is 0 Å². The van der Waals surface area contributed by atoms with Crippen LogP contribution in [-0.4, -0.2) is 6.04 Å². The minimum Gasteiger partial charge on any atom is -0.327 e. The van der Waals surface area contributed by atoms with Crippen molar-refractivity contribution in [1.82, 2.24) is 0 Å². The highest BCUT2D eigenvalue weighted by atomic mass is 14.7. The van der Waals surface area contributed by atoms with Gasteiger partial charge in [-0.3, -0.25) is 0 Å². The molecule has 0 aliphatic heterocycles. The lowest BCUT2D eigenvalue weighted by molar-refractivity contribution is 0.198. The van der Waals surface area contributed by atoms with E-state index in [1.165, 1.54) is 38.5 Å². The average Bonchev–Trinajstić information content (AvgIpc) is 2.52. The van der Waals surface area contributed by atoms with Crippen molar-refractivity contribution in [2.45, 2.75) is 65.3 Å². The highest BCUT2D eigenvalue weighted by molar-refractivity contribution is 4.91. The fourth-order valence-corrected chi connectivity index (χ4v) is 2.84. The number of rotatable bonds is 4. The van der Waals surface area contributed by atoms with Crippen molar-refractivity contribution >= 4 is 0 Å². The Morgan fingerprint density at radius 3 is 2.31 bits per heavy atom. The molecule has 1 fully saturated rings. The summed E-state index contributed by atoms with van der Waals surface area (Å²) in [5.74, 6) is 0.702. The molecule has 0 spiro atoms. The summed E-state index contributed by atoms with van der Waals surface area (Å²) in [4.78, 5) is 0. The molecule has 2 N–H and O–H groups in total. The summed E-state index contributed by atoms with van der Waals surface area (Å²) >= 11 is 0. The largest absolute Gasteiger partial charge is 0.327 e. The minimum atomic E-state index is 0.426. The van der Waals surface area contributed by atoms with Crippen LogP contribution in [0.2, 0.25) is 0 Å². The summed E-state index contributed by atoms with van der Waals surface area (Å²) in [6.45, 7) is 6.95. The van der Waals surface area contributed by atoms with Crippen molar-refractivity contribution in [3.63, 3.8) is 0 Å². The zero-order valence-corrected chi connectivity index (χ0v) is 9.47. The van der Waals surface area contributed by atoms with E-state index in [0.717, 1.165) is 0 Å². The number of nitrogens with two attached hydrogens (primary N) is 1. The maximum atomic E-state index is 6.34. The van der Waals surface area contributed by atoms with Gasteiger partial charge in [-0.1, -0.05) is 40.0 Å². The Bertz CT molecular complexity index is 147. The van der Waals surface area contributed by atoms with E-state index in [2.05, 4.69) is 20.8 Å². The second kappa shape index (κ2) is 4.45. The van der Waals surface area contributed by atoms with E-state index in [4.69, 9.17) is 5.73 Å². The maximum absolute atomic E-state index is 6.34. The van der Waals surface area contributed by atoms with Crippen LogP contribution in [-0.2, 0) is 0 Å². The van der Waals surface area contributed by atoms with E-state index >= 15 is 0 Å². The molecular formula is C12H25N. The van der Waals surface area contributed by atoms with Gasteiger partial charge in [-0.15, -0.1) is 0 Å². The van der Waals surface area contributed by atoms with Gasteiger partial charge in [-0.2, -0.15) is 0 Å². The molecular weight excluding hydrogens is 158 g/mol. The van der Waals surface area contributed by atoms with Crippen molar-refractivity contribution in [2.24, 2.45) is 17.1 Å². The fourth-order valence-electron chi connectivity index (χ4n) is 2.84. The molecule has 0 saturated heterocycles. The van der Waals surface area contributed by atoms with E-state index in [0.29, 0.717) is 17.4 Å². The van der Waals surface area contributed by atoms with Gasteiger partial charge in [0.1, 0.15) is 0 Å². The monoisotopic (exact) mass is 183 g/mol. The molecule has 1 rings (SSSR count). The molecule has 2 atom stereocenters. The van der Waals surface area contributed by atoms with Gasteiger partial charge < -0.3 is 5.73 Å². The predicted molar refractivity (Wildman–Crippen MR) is 58.6 cm³/mol. The molecule has 0 radical (unpaired) electrons. The summed E-state index contributed by atoms with van der Waals surface area (Å²) in [5, 5.41) is 0. The molecule has 1 saturated carbocycles. The van der Waals surface area contributed by atoms with Gasteiger partial charge >= 0.3 is 0 Å². The molecule has 0 amide bonds. The summed E-state index contributed by atoms with van der Waals surface area (Å²) in [5.41, 5.74) is 6.80. The fraction of sp³-hybridized carbons (Fsp3) is 1.00. The number of hydrogen-bond acceptors (Lipinski definition) is 1. The first-order valence-electron chi connectivity index (χ1n) is 5.86. The maximum Gasteiger partial charge on any atom is 0.0119 e. The second-order valence-corrected chi connectivity index (χ2v) is 5.15. The lowest BCUT2D eigenvalue weighted by atomic mass is 9.74. The third kappa shape index (κ3) is 2.46. The third-order valence-electron chi connectivity index (χ3n) is 3.91. The topological polar surface area (TPSA) is 26.0 Å². The van der Waals surface area contributed by atoms with Gasteiger partial charge in [0, 0.05) is 6.04 Å². The van der Waals surface area contributed by atoms with Gasteiger partial charge in [-0.25, -0.2) is 0 Å². The van der Waals surface area contributed by atoms with E-state index in [1.54, 1.807) is 0 Å². The molecule has 0 bridgehead atoms. The quantitative estimate of drug-likeness (QED) is 0.711. The SMILES string of the molecule is CCCC(C)C(N)C1(C)CCCC1. The van der Waals surface area contributed by atoms with Crippen LogP contribution in [0.4, 0.5) is 0 Å². The molecule has 2 unspecified atom stereocenters. The predicted octanol–water partition coefficient (Wildman–Crippen LogP) is 3.33. The minimum absolute atomic E-state index is 0.426. The van der Waals surface area contributed by atoms with Crippen molar-refractivity contribution in [3.8, 4) is 0 Å². The van der Waals surface area contributed by atoms with Crippen molar-refractivity contribution < 1.29 is 0 Å². The average molecular weight is 183 g/mol. The van der Waals surface area contributed by atoms with Crippen LogP contribution < -0.4 is 5.73 Å². The molecule has 1 nitrogen and oxygen atoms in total. The van der Waals surface area contributed by atoms with Gasteiger partial charge in [0.05, 0.1) is 0 Å². The zero-order chi connectivity index (χ0) is 9.90. The molecule has 1 aliphatic carbocycles. The molecule has 78 valence electrons.